The number of carbonyl (C=O) groups excluding carboxylic acids is 1. The predicted molar refractivity (Wildman–Crippen MR) is 94.7 cm³/mol. The summed E-state index contributed by atoms with van der Waals surface area (Å²) in [6.07, 6.45) is 4.94. The van der Waals surface area contributed by atoms with Crippen molar-refractivity contribution in [3.8, 4) is 16.9 Å². The minimum Gasteiger partial charge on any atom is -0.487 e. The van der Waals surface area contributed by atoms with Gasteiger partial charge in [-0.05, 0) is 36.2 Å². The summed E-state index contributed by atoms with van der Waals surface area (Å²) in [6.45, 7) is 1.66. The number of carbonyl (C=O) groups is 1. The van der Waals surface area contributed by atoms with E-state index in [1.165, 1.54) is 0 Å². The zero-order chi connectivity index (χ0) is 17.2. The Bertz CT molecular complexity index is 776. The molecule has 1 aromatic carbocycles. The Morgan fingerprint density at radius 2 is 2.16 bits per heavy atom. The lowest BCUT2D eigenvalue weighted by Crippen LogP contribution is -2.38. The highest BCUT2D eigenvalue weighted by molar-refractivity contribution is 6.31. The Morgan fingerprint density at radius 3 is 2.92 bits per heavy atom. The number of benzene rings is 1. The van der Waals surface area contributed by atoms with Crippen LogP contribution in [0, 0.1) is 5.92 Å². The second-order valence-corrected chi connectivity index (χ2v) is 6.86. The van der Waals surface area contributed by atoms with E-state index in [1.54, 1.807) is 12.4 Å². The molecule has 2 unspecified atom stereocenters. The highest BCUT2D eigenvalue weighted by atomic mass is 35.5. The number of aromatic nitrogens is 1. The molecule has 25 heavy (non-hydrogen) atoms. The highest BCUT2D eigenvalue weighted by Crippen LogP contribution is 2.40. The van der Waals surface area contributed by atoms with Crippen molar-refractivity contribution in [1.82, 2.24) is 10.3 Å². The quantitative estimate of drug-likeness (QED) is 0.913. The minimum absolute atomic E-state index is 0.0365. The van der Waals surface area contributed by atoms with Gasteiger partial charge < -0.3 is 14.8 Å². The van der Waals surface area contributed by atoms with Gasteiger partial charge in [0.1, 0.15) is 11.9 Å². The summed E-state index contributed by atoms with van der Waals surface area (Å²) < 4.78 is 11.4. The zero-order valence-corrected chi connectivity index (χ0v) is 14.5. The third-order valence-electron chi connectivity index (χ3n) is 4.66. The van der Waals surface area contributed by atoms with E-state index >= 15 is 0 Å². The molecule has 5 nitrogen and oxygen atoms in total. The van der Waals surface area contributed by atoms with Crippen molar-refractivity contribution >= 4 is 17.5 Å². The summed E-state index contributed by atoms with van der Waals surface area (Å²) in [5, 5.41) is 3.67. The summed E-state index contributed by atoms with van der Waals surface area (Å²) in [5.41, 5.74) is 3.05. The lowest BCUT2D eigenvalue weighted by molar-refractivity contribution is -0.125. The average Bonchev–Trinajstić information content (AvgIpc) is 3.29. The van der Waals surface area contributed by atoms with E-state index in [-0.39, 0.29) is 17.9 Å². The van der Waals surface area contributed by atoms with Crippen molar-refractivity contribution < 1.29 is 14.3 Å². The number of ether oxygens (including phenoxy) is 2. The van der Waals surface area contributed by atoms with Crippen LogP contribution in [-0.4, -0.2) is 36.8 Å². The average molecular weight is 359 g/mol. The molecule has 0 saturated carbocycles. The molecule has 2 aromatic rings. The number of amides is 1. The van der Waals surface area contributed by atoms with Gasteiger partial charge in [0.15, 0.2) is 0 Å². The summed E-state index contributed by atoms with van der Waals surface area (Å²) in [5.74, 6) is 0.856. The van der Waals surface area contributed by atoms with Crippen LogP contribution in [0.15, 0.2) is 36.7 Å². The van der Waals surface area contributed by atoms with Gasteiger partial charge in [-0.1, -0.05) is 11.6 Å². The summed E-state index contributed by atoms with van der Waals surface area (Å²) in [7, 11) is 0. The second-order valence-electron chi connectivity index (χ2n) is 6.43. The molecule has 0 bridgehead atoms. The molecule has 1 aromatic heterocycles. The van der Waals surface area contributed by atoms with Crippen molar-refractivity contribution in [1.29, 1.82) is 0 Å². The normalized spacial score (nSPS) is 21.6. The third kappa shape index (κ3) is 3.48. The number of hydrogen-bond acceptors (Lipinski definition) is 4. The molecule has 1 saturated heterocycles. The number of pyridine rings is 1. The molecule has 1 N–H and O–H groups in total. The molecule has 2 atom stereocenters. The molecule has 6 heteroatoms. The number of halogens is 1. The lowest BCUT2D eigenvalue weighted by Gasteiger charge is -2.15. The Hall–Kier alpha value is -2.11. The molecule has 0 aliphatic carbocycles. The van der Waals surface area contributed by atoms with Crippen molar-refractivity contribution in [2.45, 2.75) is 18.9 Å². The number of rotatable bonds is 4. The van der Waals surface area contributed by atoms with Gasteiger partial charge in [-0.15, -0.1) is 0 Å². The molecular formula is C19H19ClN2O3. The number of nitrogens with zero attached hydrogens (tertiary/aromatic N) is 1. The molecule has 0 spiro atoms. The van der Waals surface area contributed by atoms with Gasteiger partial charge in [0, 0.05) is 41.6 Å². The standard InChI is InChI=1S/C19H19ClN2O3/c20-15-7-14-8-16(10-22-19(23)13-3-6-24-11-13)25-18(14)17(9-15)12-1-4-21-5-2-12/h1-2,4-5,7,9,13,16H,3,6,8,10-11H2,(H,22,23). The van der Waals surface area contributed by atoms with Crippen LogP contribution in [0.1, 0.15) is 12.0 Å². The second kappa shape index (κ2) is 7.02. The van der Waals surface area contributed by atoms with E-state index in [0.717, 1.165) is 35.3 Å². The van der Waals surface area contributed by atoms with Crippen molar-refractivity contribution in [2.24, 2.45) is 5.92 Å². The lowest BCUT2D eigenvalue weighted by atomic mass is 10.0. The van der Waals surface area contributed by atoms with Crippen LogP contribution in [0.2, 0.25) is 5.02 Å². The van der Waals surface area contributed by atoms with E-state index in [1.807, 2.05) is 24.3 Å². The first-order valence-electron chi connectivity index (χ1n) is 8.45. The van der Waals surface area contributed by atoms with E-state index < -0.39 is 0 Å². The molecule has 4 rings (SSSR count). The van der Waals surface area contributed by atoms with Gasteiger partial charge in [0.25, 0.3) is 0 Å². The number of fused-ring (bicyclic) bond motifs is 1. The van der Waals surface area contributed by atoms with Crippen LogP contribution in [0.3, 0.4) is 0 Å². The maximum Gasteiger partial charge on any atom is 0.225 e. The fraction of sp³-hybridized carbons (Fsp3) is 0.368. The first-order valence-corrected chi connectivity index (χ1v) is 8.83. The van der Waals surface area contributed by atoms with E-state index in [4.69, 9.17) is 21.1 Å². The van der Waals surface area contributed by atoms with Crippen molar-refractivity contribution in [2.75, 3.05) is 19.8 Å². The molecule has 1 fully saturated rings. The first kappa shape index (κ1) is 16.4. The SMILES string of the molecule is O=C(NCC1Cc2cc(Cl)cc(-c3ccncc3)c2O1)C1CCOC1. The summed E-state index contributed by atoms with van der Waals surface area (Å²) in [4.78, 5) is 16.2. The summed E-state index contributed by atoms with van der Waals surface area (Å²) >= 11 is 6.28. The Kier molecular flexibility index (Phi) is 4.59. The number of nitrogens with one attached hydrogen (secondary N) is 1. The van der Waals surface area contributed by atoms with Crippen LogP contribution in [-0.2, 0) is 16.0 Å². The molecule has 0 radical (unpaired) electrons. The van der Waals surface area contributed by atoms with E-state index in [0.29, 0.717) is 24.8 Å². The van der Waals surface area contributed by atoms with Crippen molar-refractivity contribution in [3.05, 3.63) is 47.2 Å². The van der Waals surface area contributed by atoms with Crippen LogP contribution >= 0.6 is 11.6 Å². The molecule has 130 valence electrons. The van der Waals surface area contributed by atoms with E-state index in [9.17, 15) is 4.79 Å². The van der Waals surface area contributed by atoms with Crippen LogP contribution in [0.4, 0.5) is 0 Å². The van der Waals surface area contributed by atoms with Gasteiger partial charge >= 0.3 is 0 Å². The van der Waals surface area contributed by atoms with Gasteiger partial charge in [0.05, 0.1) is 19.1 Å². The Morgan fingerprint density at radius 1 is 1.32 bits per heavy atom. The van der Waals surface area contributed by atoms with Gasteiger partial charge in [0.2, 0.25) is 5.91 Å². The first-order chi connectivity index (χ1) is 12.2. The van der Waals surface area contributed by atoms with Gasteiger partial charge in [-0.3, -0.25) is 9.78 Å². The Labute approximate surface area is 151 Å². The zero-order valence-electron chi connectivity index (χ0n) is 13.7. The monoisotopic (exact) mass is 358 g/mol. The molecule has 2 aliphatic heterocycles. The van der Waals surface area contributed by atoms with Crippen molar-refractivity contribution in [3.63, 3.8) is 0 Å². The van der Waals surface area contributed by atoms with Crippen LogP contribution in [0.25, 0.3) is 11.1 Å². The maximum atomic E-state index is 12.1. The smallest absolute Gasteiger partial charge is 0.225 e. The third-order valence-corrected chi connectivity index (χ3v) is 4.88. The molecular weight excluding hydrogens is 340 g/mol. The Balaban J connectivity index is 1.48. The minimum atomic E-state index is -0.0830. The topological polar surface area (TPSA) is 60.5 Å². The number of hydrogen-bond donors (Lipinski definition) is 1. The predicted octanol–water partition coefficient (Wildman–Crippen LogP) is 2.86. The maximum absolute atomic E-state index is 12.1. The fourth-order valence-electron chi connectivity index (χ4n) is 3.35. The molecule has 2 aliphatic rings. The summed E-state index contributed by atoms with van der Waals surface area (Å²) in [6, 6.07) is 7.72. The van der Waals surface area contributed by atoms with Gasteiger partial charge in [-0.25, -0.2) is 0 Å². The fourth-order valence-corrected chi connectivity index (χ4v) is 3.60. The van der Waals surface area contributed by atoms with Crippen LogP contribution < -0.4 is 10.1 Å². The van der Waals surface area contributed by atoms with E-state index in [2.05, 4.69) is 10.3 Å². The molecule has 1 amide bonds. The highest BCUT2D eigenvalue weighted by Gasteiger charge is 2.29. The molecule has 3 heterocycles. The largest absolute Gasteiger partial charge is 0.487 e. The van der Waals surface area contributed by atoms with Gasteiger partial charge in [-0.2, -0.15) is 0 Å². The van der Waals surface area contributed by atoms with Crippen LogP contribution in [0.5, 0.6) is 5.75 Å².